The number of aliphatic hydroxyl groups is 1. The van der Waals surface area contributed by atoms with Gasteiger partial charge >= 0.3 is 0 Å². The van der Waals surface area contributed by atoms with E-state index in [1.807, 2.05) is 0 Å². The maximum absolute atomic E-state index is 9.30. The van der Waals surface area contributed by atoms with Crippen LogP contribution in [0.3, 0.4) is 0 Å². The van der Waals surface area contributed by atoms with Gasteiger partial charge in [0, 0.05) is 18.6 Å². The van der Waals surface area contributed by atoms with Crippen molar-refractivity contribution in [3.63, 3.8) is 0 Å². The van der Waals surface area contributed by atoms with Gasteiger partial charge in [-0.05, 0) is 6.08 Å². The molecule has 0 aliphatic carbocycles. The van der Waals surface area contributed by atoms with Crippen molar-refractivity contribution in [1.82, 2.24) is 15.3 Å². The number of aliphatic hydroxyl groups excluding tert-OH is 1. The van der Waals surface area contributed by atoms with Crippen molar-refractivity contribution in [2.45, 2.75) is 6.23 Å². The maximum atomic E-state index is 9.30. The van der Waals surface area contributed by atoms with Gasteiger partial charge in [-0.1, -0.05) is 0 Å². The molecule has 1 atom stereocenters. The van der Waals surface area contributed by atoms with Crippen molar-refractivity contribution in [1.29, 1.82) is 0 Å². The second kappa shape index (κ2) is 2.32. The second-order valence-electron chi connectivity index (χ2n) is 2.23. The SMILES string of the molecule is OC1NC=Cc2nccnc21. The predicted molar refractivity (Wildman–Crippen MR) is 39.2 cm³/mol. The van der Waals surface area contributed by atoms with E-state index in [9.17, 15) is 5.11 Å². The number of aromatic nitrogens is 2. The Bertz CT molecular complexity index is 297. The van der Waals surface area contributed by atoms with E-state index in [2.05, 4.69) is 15.3 Å². The Morgan fingerprint density at radius 2 is 2.18 bits per heavy atom. The van der Waals surface area contributed by atoms with Crippen LogP contribution >= 0.6 is 0 Å². The third-order valence-corrected chi connectivity index (χ3v) is 1.51. The van der Waals surface area contributed by atoms with Crippen molar-refractivity contribution < 1.29 is 5.11 Å². The molecule has 0 saturated carbocycles. The molecule has 0 radical (unpaired) electrons. The van der Waals surface area contributed by atoms with E-state index in [-0.39, 0.29) is 0 Å². The summed E-state index contributed by atoms with van der Waals surface area (Å²) < 4.78 is 0. The molecule has 0 bridgehead atoms. The Balaban J connectivity index is 2.54. The van der Waals surface area contributed by atoms with E-state index in [0.717, 1.165) is 5.69 Å². The minimum Gasteiger partial charge on any atom is -0.368 e. The van der Waals surface area contributed by atoms with Gasteiger partial charge in [-0.15, -0.1) is 0 Å². The molecule has 1 aromatic heterocycles. The second-order valence-corrected chi connectivity index (χ2v) is 2.23. The third kappa shape index (κ3) is 0.969. The molecule has 56 valence electrons. The largest absolute Gasteiger partial charge is 0.368 e. The molecule has 1 unspecified atom stereocenters. The maximum Gasteiger partial charge on any atom is 0.169 e. The summed E-state index contributed by atoms with van der Waals surface area (Å²) in [6, 6.07) is 0. The molecule has 11 heavy (non-hydrogen) atoms. The van der Waals surface area contributed by atoms with Crippen molar-refractivity contribution in [3.8, 4) is 0 Å². The van der Waals surface area contributed by atoms with Gasteiger partial charge in [0.05, 0.1) is 5.69 Å². The lowest BCUT2D eigenvalue weighted by Gasteiger charge is -2.15. The minimum atomic E-state index is -0.719. The minimum absolute atomic E-state index is 0.579. The summed E-state index contributed by atoms with van der Waals surface area (Å²) in [6.45, 7) is 0. The first-order valence-electron chi connectivity index (χ1n) is 3.29. The average Bonchev–Trinajstić information content (AvgIpc) is 2.06. The molecule has 4 nitrogen and oxygen atoms in total. The highest BCUT2D eigenvalue weighted by atomic mass is 16.3. The fraction of sp³-hybridized carbons (Fsp3) is 0.143. The lowest BCUT2D eigenvalue weighted by molar-refractivity contribution is 0.149. The molecule has 1 aliphatic rings. The number of nitrogens with zero attached hydrogens (tertiary/aromatic N) is 2. The summed E-state index contributed by atoms with van der Waals surface area (Å²) in [6.07, 6.45) is 5.87. The van der Waals surface area contributed by atoms with E-state index >= 15 is 0 Å². The first-order chi connectivity index (χ1) is 5.38. The number of nitrogens with one attached hydrogen (secondary N) is 1. The first-order valence-corrected chi connectivity index (χ1v) is 3.29. The van der Waals surface area contributed by atoms with E-state index in [4.69, 9.17) is 0 Å². The zero-order chi connectivity index (χ0) is 7.68. The van der Waals surface area contributed by atoms with Gasteiger partial charge in [0.15, 0.2) is 6.23 Å². The van der Waals surface area contributed by atoms with Crippen LogP contribution < -0.4 is 5.32 Å². The van der Waals surface area contributed by atoms with E-state index in [1.165, 1.54) is 0 Å². The van der Waals surface area contributed by atoms with Crippen molar-refractivity contribution in [2.24, 2.45) is 0 Å². The molecule has 2 heterocycles. The highest BCUT2D eigenvalue weighted by Gasteiger charge is 2.14. The molecule has 0 amide bonds. The third-order valence-electron chi connectivity index (χ3n) is 1.51. The van der Waals surface area contributed by atoms with Crippen LogP contribution in [0, 0.1) is 0 Å². The molecular formula is C7H7N3O. The van der Waals surface area contributed by atoms with Crippen LogP contribution in [0.1, 0.15) is 17.6 Å². The molecule has 1 aromatic rings. The van der Waals surface area contributed by atoms with Crippen molar-refractivity contribution in [3.05, 3.63) is 30.0 Å². The molecule has 2 N–H and O–H groups in total. The van der Waals surface area contributed by atoms with Gasteiger partial charge in [0.2, 0.25) is 0 Å². The number of rotatable bonds is 0. The van der Waals surface area contributed by atoms with E-state index in [0.29, 0.717) is 5.69 Å². The lowest BCUT2D eigenvalue weighted by Crippen LogP contribution is -2.20. The van der Waals surface area contributed by atoms with Crippen LogP contribution in [-0.4, -0.2) is 15.1 Å². The van der Waals surface area contributed by atoms with Crippen LogP contribution in [0.4, 0.5) is 0 Å². The normalized spacial score (nSPS) is 20.6. The fourth-order valence-corrected chi connectivity index (χ4v) is 0.996. The number of hydrogen-bond acceptors (Lipinski definition) is 4. The molecule has 2 rings (SSSR count). The Kier molecular flexibility index (Phi) is 1.33. The van der Waals surface area contributed by atoms with Gasteiger partial charge < -0.3 is 10.4 Å². The monoisotopic (exact) mass is 149 g/mol. The average molecular weight is 149 g/mol. The fourth-order valence-electron chi connectivity index (χ4n) is 0.996. The molecule has 0 aromatic carbocycles. The van der Waals surface area contributed by atoms with Crippen LogP contribution in [-0.2, 0) is 0 Å². The molecule has 0 spiro atoms. The van der Waals surface area contributed by atoms with Gasteiger partial charge in [0.25, 0.3) is 0 Å². The van der Waals surface area contributed by atoms with E-state index < -0.39 is 6.23 Å². The topological polar surface area (TPSA) is 58.0 Å². The van der Waals surface area contributed by atoms with Crippen LogP contribution in [0.2, 0.25) is 0 Å². The predicted octanol–water partition coefficient (Wildman–Crippen LogP) is 0.0414. The highest BCUT2D eigenvalue weighted by Crippen LogP contribution is 2.15. The highest BCUT2D eigenvalue weighted by molar-refractivity contribution is 5.49. The van der Waals surface area contributed by atoms with E-state index in [1.54, 1.807) is 24.7 Å². The summed E-state index contributed by atoms with van der Waals surface area (Å²) in [7, 11) is 0. The zero-order valence-corrected chi connectivity index (χ0v) is 5.73. The van der Waals surface area contributed by atoms with Gasteiger partial charge in [0.1, 0.15) is 5.69 Å². The van der Waals surface area contributed by atoms with Crippen molar-refractivity contribution in [2.75, 3.05) is 0 Å². The Hall–Kier alpha value is -1.42. The number of hydrogen-bond donors (Lipinski definition) is 2. The first kappa shape index (κ1) is 6.30. The zero-order valence-electron chi connectivity index (χ0n) is 5.73. The smallest absolute Gasteiger partial charge is 0.169 e. The summed E-state index contributed by atoms with van der Waals surface area (Å²) in [4.78, 5) is 7.99. The van der Waals surface area contributed by atoms with Crippen molar-refractivity contribution >= 4 is 6.08 Å². The molecule has 1 aliphatic heterocycles. The Labute approximate surface area is 63.6 Å². The Morgan fingerprint density at radius 3 is 3.00 bits per heavy atom. The molecule has 0 saturated heterocycles. The van der Waals surface area contributed by atoms with Gasteiger partial charge in [-0.25, -0.2) is 0 Å². The van der Waals surface area contributed by atoms with Crippen LogP contribution in [0.25, 0.3) is 6.08 Å². The van der Waals surface area contributed by atoms with Crippen LogP contribution in [0.5, 0.6) is 0 Å². The summed E-state index contributed by atoms with van der Waals surface area (Å²) >= 11 is 0. The quantitative estimate of drug-likeness (QED) is 0.547. The Morgan fingerprint density at radius 1 is 1.36 bits per heavy atom. The summed E-state index contributed by atoms with van der Waals surface area (Å²) in [5.74, 6) is 0. The summed E-state index contributed by atoms with van der Waals surface area (Å²) in [5, 5.41) is 12.0. The molecule has 4 heteroatoms. The van der Waals surface area contributed by atoms with Gasteiger partial charge in [-0.2, -0.15) is 0 Å². The lowest BCUT2D eigenvalue weighted by atomic mass is 10.2. The summed E-state index contributed by atoms with van der Waals surface area (Å²) in [5.41, 5.74) is 1.30. The molecule has 0 fully saturated rings. The molecular weight excluding hydrogens is 142 g/mol. The number of fused-ring (bicyclic) bond motifs is 1. The van der Waals surface area contributed by atoms with Crippen LogP contribution in [0.15, 0.2) is 18.6 Å². The van der Waals surface area contributed by atoms with Gasteiger partial charge in [-0.3, -0.25) is 9.97 Å². The standard InChI is InChI=1S/C7H7N3O/c11-7-6-5(1-2-10-7)8-3-4-9-6/h1-4,7,10-11H.